The molecule has 5 nitrogen and oxygen atoms in total. The normalized spacial score (nSPS) is 12.0. The van der Waals surface area contributed by atoms with Crippen LogP contribution in [0, 0.1) is 0 Å². The molecular formula is C11H14O5. The van der Waals surface area contributed by atoms with E-state index in [1.54, 1.807) is 25.2 Å². The van der Waals surface area contributed by atoms with E-state index in [0.29, 0.717) is 5.57 Å². The summed E-state index contributed by atoms with van der Waals surface area (Å²) >= 11 is 0. The van der Waals surface area contributed by atoms with Gasteiger partial charge in [0.05, 0.1) is 6.26 Å². The fraction of sp³-hybridized carbons (Fsp3) is 0.273. The van der Waals surface area contributed by atoms with Crippen molar-refractivity contribution < 1.29 is 24.2 Å². The minimum atomic E-state index is -1.33. The van der Waals surface area contributed by atoms with Gasteiger partial charge in [-0.05, 0) is 18.6 Å². The first-order valence-electron chi connectivity index (χ1n) is 4.57. The van der Waals surface area contributed by atoms with Gasteiger partial charge in [-0.15, -0.1) is 0 Å². The summed E-state index contributed by atoms with van der Waals surface area (Å²) in [5, 5.41) is 8.31. The van der Waals surface area contributed by atoms with Crippen molar-refractivity contribution in [3.8, 4) is 0 Å². The van der Waals surface area contributed by atoms with Gasteiger partial charge in [0, 0.05) is 6.92 Å². The zero-order chi connectivity index (χ0) is 12.4. The molecule has 0 aliphatic carbocycles. The predicted octanol–water partition coefficient (Wildman–Crippen LogP) is 2.26. The fourth-order valence-corrected chi connectivity index (χ4v) is 0.809. The van der Waals surface area contributed by atoms with Gasteiger partial charge in [0.25, 0.3) is 0 Å². The van der Waals surface area contributed by atoms with Crippen LogP contribution in [0.5, 0.6) is 0 Å². The number of esters is 1. The third-order valence-corrected chi connectivity index (χ3v) is 1.37. The second-order valence-corrected chi connectivity index (χ2v) is 2.73. The van der Waals surface area contributed by atoms with Gasteiger partial charge in [0.2, 0.25) is 0 Å². The van der Waals surface area contributed by atoms with Crippen LogP contribution in [-0.4, -0.2) is 23.8 Å². The van der Waals surface area contributed by atoms with Crippen molar-refractivity contribution in [2.45, 2.75) is 13.8 Å². The van der Waals surface area contributed by atoms with Crippen LogP contribution in [0.4, 0.5) is 4.79 Å². The topological polar surface area (TPSA) is 72.8 Å². The second-order valence-electron chi connectivity index (χ2n) is 2.73. The van der Waals surface area contributed by atoms with Crippen molar-refractivity contribution in [1.29, 1.82) is 0 Å². The summed E-state index contributed by atoms with van der Waals surface area (Å²) in [5.41, 5.74) is 0.647. The number of allylic oxidation sites excluding steroid dienone is 3. The molecular weight excluding hydrogens is 212 g/mol. The summed E-state index contributed by atoms with van der Waals surface area (Å²) in [6.07, 6.45) is 6.40. The van der Waals surface area contributed by atoms with E-state index in [2.05, 4.69) is 9.47 Å². The molecule has 0 aromatic rings. The summed E-state index contributed by atoms with van der Waals surface area (Å²) in [5.74, 6) is -0.418. The number of hydrogen-bond donors (Lipinski definition) is 1. The van der Waals surface area contributed by atoms with E-state index < -0.39 is 12.1 Å². The Morgan fingerprint density at radius 1 is 1.38 bits per heavy atom. The molecule has 1 N–H and O–H groups in total. The molecule has 0 amide bonds. The van der Waals surface area contributed by atoms with Crippen molar-refractivity contribution >= 4 is 12.1 Å². The van der Waals surface area contributed by atoms with Crippen LogP contribution in [0.25, 0.3) is 0 Å². The van der Waals surface area contributed by atoms with Gasteiger partial charge in [-0.25, -0.2) is 4.79 Å². The zero-order valence-electron chi connectivity index (χ0n) is 9.17. The lowest BCUT2D eigenvalue weighted by Gasteiger charge is -2.00. The van der Waals surface area contributed by atoms with Gasteiger partial charge in [-0.2, -0.15) is 0 Å². The molecule has 0 bridgehead atoms. The Bertz CT molecular complexity index is 325. The average molecular weight is 226 g/mol. The van der Waals surface area contributed by atoms with E-state index in [0.717, 1.165) is 0 Å². The first-order valence-corrected chi connectivity index (χ1v) is 4.57. The van der Waals surface area contributed by atoms with Crippen LogP contribution < -0.4 is 0 Å². The number of carboxylic acid groups (broad SMARTS) is 1. The highest BCUT2D eigenvalue weighted by atomic mass is 16.7. The first-order chi connectivity index (χ1) is 7.56. The van der Waals surface area contributed by atoms with Crippen LogP contribution in [0.1, 0.15) is 13.8 Å². The highest BCUT2D eigenvalue weighted by Gasteiger charge is 1.97. The summed E-state index contributed by atoms with van der Waals surface area (Å²) in [4.78, 5) is 20.6. The summed E-state index contributed by atoms with van der Waals surface area (Å²) in [7, 11) is 0. The van der Waals surface area contributed by atoms with E-state index in [1.807, 2.05) is 0 Å². The lowest BCUT2D eigenvalue weighted by molar-refractivity contribution is -0.135. The second kappa shape index (κ2) is 8.28. The summed E-state index contributed by atoms with van der Waals surface area (Å²) in [6.45, 7) is 3.03. The Kier molecular flexibility index (Phi) is 7.23. The maximum Gasteiger partial charge on any atom is 0.506 e. The molecule has 88 valence electrons. The molecule has 0 radical (unpaired) electrons. The first kappa shape index (κ1) is 14.0. The molecule has 0 rings (SSSR count). The monoisotopic (exact) mass is 226 g/mol. The number of rotatable bonds is 5. The number of hydrogen-bond acceptors (Lipinski definition) is 4. The maximum atomic E-state index is 10.4. The Hall–Kier alpha value is -2.04. The van der Waals surface area contributed by atoms with E-state index >= 15 is 0 Å². The molecule has 0 aliphatic rings. The van der Waals surface area contributed by atoms with E-state index in [9.17, 15) is 9.59 Å². The molecule has 0 unspecified atom stereocenters. The van der Waals surface area contributed by atoms with E-state index in [-0.39, 0.29) is 6.61 Å². The molecule has 0 atom stereocenters. The standard InChI is InChI=1S/C11H14O5/c1-3-5-10(8-16-11(13)14)6-4-7-15-9(2)12/h3-7H,8H2,1-2H3,(H,13,14)/b5-3-,7-4+,10-6+. The average Bonchev–Trinajstić information content (AvgIpc) is 2.20. The molecule has 5 heteroatoms. The molecule has 0 heterocycles. The quantitative estimate of drug-likeness (QED) is 0.442. The molecule has 16 heavy (non-hydrogen) atoms. The predicted molar refractivity (Wildman–Crippen MR) is 57.8 cm³/mol. The highest BCUT2D eigenvalue weighted by Crippen LogP contribution is 1.99. The number of carbonyl (C=O) groups excluding carboxylic acids is 1. The lowest BCUT2D eigenvalue weighted by atomic mass is 10.2. The van der Waals surface area contributed by atoms with Crippen LogP contribution in [0.15, 0.2) is 36.1 Å². The van der Waals surface area contributed by atoms with Crippen LogP contribution in [0.2, 0.25) is 0 Å². The Labute approximate surface area is 93.7 Å². The van der Waals surface area contributed by atoms with E-state index in [1.165, 1.54) is 19.3 Å². The largest absolute Gasteiger partial charge is 0.506 e. The Morgan fingerprint density at radius 3 is 2.56 bits per heavy atom. The Morgan fingerprint density at radius 2 is 2.06 bits per heavy atom. The molecule has 0 fully saturated rings. The van der Waals surface area contributed by atoms with Crippen LogP contribution >= 0.6 is 0 Å². The summed E-state index contributed by atoms with van der Waals surface area (Å²) in [6, 6.07) is 0. The van der Waals surface area contributed by atoms with Crippen molar-refractivity contribution in [2.75, 3.05) is 6.61 Å². The smallest absolute Gasteiger partial charge is 0.450 e. The molecule has 0 aliphatic heterocycles. The minimum Gasteiger partial charge on any atom is -0.450 e. The van der Waals surface area contributed by atoms with Crippen molar-refractivity contribution in [1.82, 2.24) is 0 Å². The van der Waals surface area contributed by atoms with Gasteiger partial charge in [-0.1, -0.05) is 18.2 Å². The minimum absolute atomic E-state index is 0.0515. The molecule has 0 aromatic heterocycles. The third-order valence-electron chi connectivity index (χ3n) is 1.37. The number of ether oxygens (including phenoxy) is 2. The number of carbonyl (C=O) groups is 2. The van der Waals surface area contributed by atoms with Crippen molar-refractivity contribution in [2.24, 2.45) is 0 Å². The van der Waals surface area contributed by atoms with Crippen LogP contribution in [0.3, 0.4) is 0 Å². The van der Waals surface area contributed by atoms with Crippen molar-refractivity contribution in [3.63, 3.8) is 0 Å². The molecule has 0 spiro atoms. The maximum absolute atomic E-state index is 10.4. The zero-order valence-corrected chi connectivity index (χ0v) is 9.17. The molecule has 0 saturated carbocycles. The molecule has 0 saturated heterocycles. The SMILES string of the molecule is C\C=C/C(=C\C=C\OC(C)=O)COC(=O)O. The highest BCUT2D eigenvalue weighted by molar-refractivity contribution is 5.66. The summed E-state index contributed by atoms with van der Waals surface area (Å²) < 4.78 is 8.94. The fourth-order valence-electron chi connectivity index (χ4n) is 0.809. The van der Waals surface area contributed by atoms with Gasteiger partial charge < -0.3 is 14.6 Å². The van der Waals surface area contributed by atoms with Crippen molar-refractivity contribution in [3.05, 3.63) is 36.1 Å². The van der Waals surface area contributed by atoms with Gasteiger partial charge in [0.15, 0.2) is 0 Å². The van der Waals surface area contributed by atoms with Crippen LogP contribution in [-0.2, 0) is 14.3 Å². The van der Waals surface area contributed by atoms with Gasteiger partial charge in [-0.3, -0.25) is 4.79 Å². The van der Waals surface area contributed by atoms with Gasteiger partial charge in [0.1, 0.15) is 6.61 Å². The lowest BCUT2D eigenvalue weighted by Crippen LogP contribution is -2.02. The third kappa shape index (κ3) is 8.55. The molecule has 0 aromatic carbocycles. The van der Waals surface area contributed by atoms with Gasteiger partial charge >= 0.3 is 12.1 Å². The van der Waals surface area contributed by atoms with E-state index in [4.69, 9.17) is 5.11 Å². The Balaban J connectivity index is 4.28.